The second-order valence-electron chi connectivity index (χ2n) is 2.21. The highest BCUT2D eigenvalue weighted by atomic mass is 16.6. The summed E-state index contributed by atoms with van der Waals surface area (Å²) in [5.74, 6) is 0. The molecule has 54 valence electrons. The molecule has 3 N–H and O–H groups in total. The number of rotatable bonds is 0. The molecule has 0 bridgehead atoms. The van der Waals surface area contributed by atoms with Gasteiger partial charge in [0.25, 0.3) is 0 Å². The predicted molar refractivity (Wildman–Crippen MR) is 28.6 cm³/mol. The Morgan fingerprint density at radius 2 is 1.67 bits per heavy atom. The van der Waals surface area contributed by atoms with Crippen LogP contribution >= 0.6 is 0 Å². The highest BCUT2D eigenvalue weighted by Gasteiger charge is 2.38. The quantitative estimate of drug-likeness (QED) is 0.375. The average Bonchev–Trinajstić information content (AvgIpc) is 1.98. The maximum Gasteiger partial charge on any atom is 0.183 e. The number of hydrogen-bond acceptors (Lipinski definition) is 4. The summed E-state index contributed by atoms with van der Waals surface area (Å²) < 4.78 is 4.64. The van der Waals surface area contributed by atoms with Crippen LogP contribution in [0.15, 0.2) is 0 Å². The van der Waals surface area contributed by atoms with Gasteiger partial charge in [-0.2, -0.15) is 0 Å². The topological polar surface area (TPSA) is 69.9 Å². The standard InChI is InChI=1S/C5H10O4/c1-2-3(6)4(7)5(8)9-2/h2-8H,1H3/t2-,3+,4-,5-/m1/s1. The van der Waals surface area contributed by atoms with Crippen molar-refractivity contribution in [3.05, 3.63) is 0 Å². The smallest absolute Gasteiger partial charge is 0.183 e. The van der Waals surface area contributed by atoms with Crippen LogP contribution in [0.3, 0.4) is 0 Å². The zero-order valence-corrected chi connectivity index (χ0v) is 5.06. The van der Waals surface area contributed by atoms with Crippen molar-refractivity contribution < 1.29 is 20.1 Å². The van der Waals surface area contributed by atoms with E-state index in [2.05, 4.69) is 4.74 Å². The van der Waals surface area contributed by atoms with E-state index in [1.807, 2.05) is 0 Å². The summed E-state index contributed by atoms with van der Waals surface area (Å²) in [7, 11) is 0. The Labute approximate surface area is 52.7 Å². The van der Waals surface area contributed by atoms with Crippen molar-refractivity contribution in [2.75, 3.05) is 0 Å². The van der Waals surface area contributed by atoms with Crippen molar-refractivity contribution in [2.45, 2.75) is 31.5 Å². The second-order valence-corrected chi connectivity index (χ2v) is 2.21. The first-order valence-electron chi connectivity index (χ1n) is 2.82. The minimum atomic E-state index is -1.23. The van der Waals surface area contributed by atoms with E-state index < -0.39 is 24.6 Å². The molecule has 4 heteroatoms. The molecule has 0 spiro atoms. The maximum atomic E-state index is 8.90. The lowest BCUT2D eigenvalue weighted by Crippen LogP contribution is -2.31. The molecule has 1 aliphatic rings. The van der Waals surface area contributed by atoms with Gasteiger partial charge in [0, 0.05) is 0 Å². The molecule has 0 aromatic heterocycles. The molecular weight excluding hydrogens is 124 g/mol. The van der Waals surface area contributed by atoms with Crippen molar-refractivity contribution in [1.82, 2.24) is 0 Å². The Bertz CT molecular complexity index is 93.1. The molecule has 0 saturated carbocycles. The van der Waals surface area contributed by atoms with Gasteiger partial charge in [-0.15, -0.1) is 0 Å². The molecule has 9 heavy (non-hydrogen) atoms. The summed E-state index contributed by atoms with van der Waals surface area (Å²) in [6.45, 7) is 1.59. The molecule has 0 aromatic rings. The van der Waals surface area contributed by atoms with Gasteiger partial charge in [0.1, 0.15) is 12.2 Å². The third-order valence-electron chi connectivity index (χ3n) is 1.48. The Morgan fingerprint density at radius 3 is 1.78 bits per heavy atom. The third kappa shape index (κ3) is 1.07. The summed E-state index contributed by atoms with van der Waals surface area (Å²) in [5.41, 5.74) is 0. The van der Waals surface area contributed by atoms with E-state index in [9.17, 15) is 0 Å². The molecule has 0 unspecified atom stereocenters. The molecule has 1 aliphatic heterocycles. The van der Waals surface area contributed by atoms with E-state index in [0.29, 0.717) is 0 Å². The van der Waals surface area contributed by atoms with E-state index in [4.69, 9.17) is 15.3 Å². The van der Waals surface area contributed by atoms with Crippen molar-refractivity contribution in [1.29, 1.82) is 0 Å². The van der Waals surface area contributed by atoms with Crippen LogP contribution < -0.4 is 0 Å². The third-order valence-corrected chi connectivity index (χ3v) is 1.48. The van der Waals surface area contributed by atoms with Crippen LogP contribution in [-0.2, 0) is 4.74 Å². The number of ether oxygens (including phenoxy) is 1. The van der Waals surface area contributed by atoms with Crippen LogP contribution in [0.25, 0.3) is 0 Å². The Kier molecular flexibility index (Phi) is 1.72. The molecule has 1 rings (SSSR count). The maximum absolute atomic E-state index is 8.90. The first-order valence-corrected chi connectivity index (χ1v) is 2.82. The zero-order chi connectivity index (χ0) is 7.02. The van der Waals surface area contributed by atoms with Gasteiger partial charge in [0.05, 0.1) is 6.10 Å². The summed E-state index contributed by atoms with van der Waals surface area (Å²) in [6.07, 6.45) is -3.81. The summed E-state index contributed by atoms with van der Waals surface area (Å²) in [6, 6.07) is 0. The molecule has 1 fully saturated rings. The molecule has 0 radical (unpaired) electrons. The highest BCUT2D eigenvalue weighted by Crippen LogP contribution is 2.18. The van der Waals surface area contributed by atoms with E-state index in [1.165, 1.54) is 0 Å². The number of aliphatic hydroxyl groups excluding tert-OH is 3. The lowest BCUT2D eigenvalue weighted by Gasteiger charge is -2.07. The van der Waals surface area contributed by atoms with Crippen LogP contribution in [0, 0.1) is 0 Å². The normalized spacial score (nSPS) is 52.0. The molecule has 1 saturated heterocycles. The highest BCUT2D eigenvalue weighted by molar-refractivity contribution is 4.82. The average molecular weight is 134 g/mol. The van der Waals surface area contributed by atoms with Gasteiger partial charge in [-0.25, -0.2) is 0 Å². The number of aliphatic hydroxyl groups is 3. The molecule has 0 aromatic carbocycles. The van der Waals surface area contributed by atoms with Crippen molar-refractivity contribution in [2.24, 2.45) is 0 Å². The largest absolute Gasteiger partial charge is 0.388 e. The first kappa shape index (κ1) is 6.95. The van der Waals surface area contributed by atoms with Gasteiger partial charge in [-0.1, -0.05) is 0 Å². The van der Waals surface area contributed by atoms with E-state index in [-0.39, 0.29) is 0 Å². The lowest BCUT2D eigenvalue weighted by molar-refractivity contribution is -0.124. The Balaban J connectivity index is 2.54. The summed E-state index contributed by atoms with van der Waals surface area (Å²) in [5, 5.41) is 26.4. The van der Waals surface area contributed by atoms with Crippen molar-refractivity contribution in [3.63, 3.8) is 0 Å². The minimum absolute atomic E-state index is 0.477. The van der Waals surface area contributed by atoms with Gasteiger partial charge in [0.2, 0.25) is 0 Å². The van der Waals surface area contributed by atoms with Crippen LogP contribution in [-0.4, -0.2) is 39.9 Å². The fourth-order valence-corrected chi connectivity index (χ4v) is 0.827. The van der Waals surface area contributed by atoms with Gasteiger partial charge in [-0.3, -0.25) is 0 Å². The van der Waals surface area contributed by atoms with Crippen LogP contribution in [0.4, 0.5) is 0 Å². The first-order chi connectivity index (χ1) is 4.13. The van der Waals surface area contributed by atoms with E-state index >= 15 is 0 Å². The van der Waals surface area contributed by atoms with Gasteiger partial charge < -0.3 is 20.1 Å². The minimum Gasteiger partial charge on any atom is -0.388 e. The number of hydrogen-bond donors (Lipinski definition) is 3. The van der Waals surface area contributed by atoms with E-state index in [0.717, 1.165) is 0 Å². The molecule has 4 atom stereocenters. The Morgan fingerprint density at radius 1 is 1.11 bits per heavy atom. The van der Waals surface area contributed by atoms with Crippen LogP contribution in [0.2, 0.25) is 0 Å². The fourth-order valence-electron chi connectivity index (χ4n) is 0.827. The van der Waals surface area contributed by atoms with E-state index in [1.54, 1.807) is 6.92 Å². The zero-order valence-electron chi connectivity index (χ0n) is 5.06. The van der Waals surface area contributed by atoms with Gasteiger partial charge >= 0.3 is 0 Å². The van der Waals surface area contributed by atoms with Crippen molar-refractivity contribution in [3.8, 4) is 0 Å². The summed E-state index contributed by atoms with van der Waals surface area (Å²) >= 11 is 0. The second kappa shape index (κ2) is 2.22. The lowest BCUT2D eigenvalue weighted by atomic mass is 10.2. The van der Waals surface area contributed by atoms with Gasteiger partial charge in [-0.05, 0) is 6.92 Å². The SMILES string of the molecule is C[C@H]1O[C@@H](O)[C@H](O)[C@H]1O. The predicted octanol–water partition coefficient (Wildman–Crippen LogP) is -1.55. The molecule has 1 heterocycles. The molecular formula is C5H10O4. The van der Waals surface area contributed by atoms with Crippen molar-refractivity contribution >= 4 is 0 Å². The van der Waals surface area contributed by atoms with Crippen LogP contribution in [0.5, 0.6) is 0 Å². The monoisotopic (exact) mass is 134 g/mol. The Hall–Kier alpha value is -0.160. The molecule has 0 amide bonds. The fraction of sp³-hybridized carbons (Fsp3) is 1.00. The molecule has 4 nitrogen and oxygen atoms in total. The van der Waals surface area contributed by atoms with Crippen LogP contribution in [0.1, 0.15) is 6.92 Å². The summed E-state index contributed by atoms with van der Waals surface area (Å²) in [4.78, 5) is 0. The molecule has 0 aliphatic carbocycles. The van der Waals surface area contributed by atoms with Gasteiger partial charge in [0.15, 0.2) is 6.29 Å².